The van der Waals surface area contributed by atoms with Crippen LogP contribution < -0.4 is 20.8 Å². The first kappa shape index (κ1) is 22.5. The van der Waals surface area contributed by atoms with Crippen molar-refractivity contribution in [2.24, 2.45) is 10.9 Å². The van der Waals surface area contributed by atoms with Crippen LogP contribution in [-0.2, 0) is 9.53 Å². The summed E-state index contributed by atoms with van der Waals surface area (Å²) in [6.45, 7) is 1.53. The van der Waals surface area contributed by atoms with E-state index in [1.54, 1.807) is 24.5 Å². The number of aliphatic imine (C=N–C) groups is 1. The van der Waals surface area contributed by atoms with E-state index in [-0.39, 0.29) is 35.2 Å². The van der Waals surface area contributed by atoms with Crippen molar-refractivity contribution >= 4 is 43.3 Å². The maximum absolute atomic E-state index is 12.6. The average molecular weight is 449 g/mol. The van der Waals surface area contributed by atoms with E-state index in [0.717, 1.165) is 18.4 Å². The highest BCUT2D eigenvalue weighted by molar-refractivity contribution is 6.12. The number of carbonyl (C=O) groups is 2. The van der Waals surface area contributed by atoms with E-state index in [9.17, 15) is 9.59 Å². The number of hydrazine groups is 1. The molecule has 0 saturated heterocycles. The highest BCUT2D eigenvalue weighted by atomic mass is 16.5. The summed E-state index contributed by atoms with van der Waals surface area (Å²) in [6.07, 6.45) is 3.03. The van der Waals surface area contributed by atoms with Crippen LogP contribution >= 0.6 is 0 Å². The minimum Gasteiger partial charge on any atom is -0.494 e. The number of methoxy groups -OCH3 is 1. The molecule has 2 unspecified atom stereocenters. The summed E-state index contributed by atoms with van der Waals surface area (Å²) >= 11 is 0. The van der Waals surface area contributed by atoms with Crippen molar-refractivity contribution in [2.75, 3.05) is 24.8 Å². The molecule has 1 saturated carbocycles. The number of benzene rings is 1. The summed E-state index contributed by atoms with van der Waals surface area (Å²) in [7, 11) is 8.99. The molecule has 3 N–H and O–H groups in total. The first-order valence-electron chi connectivity index (χ1n) is 10.5. The van der Waals surface area contributed by atoms with Crippen molar-refractivity contribution in [2.45, 2.75) is 31.9 Å². The predicted octanol–water partition coefficient (Wildman–Crippen LogP) is 1.73. The fourth-order valence-corrected chi connectivity index (χ4v) is 3.31. The molecule has 12 heteroatoms. The second-order valence-corrected chi connectivity index (χ2v) is 7.83. The third-order valence-corrected chi connectivity index (χ3v) is 5.01. The van der Waals surface area contributed by atoms with Gasteiger partial charge in [0.15, 0.2) is 11.5 Å². The quantitative estimate of drug-likeness (QED) is 0.407. The second-order valence-electron chi connectivity index (χ2n) is 7.83. The zero-order chi connectivity index (χ0) is 23.5. The monoisotopic (exact) mass is 449 g/mol. The first-order chi connectivity index (χ1) is 15.9. The lowest BCUT2D eigenvalue weighted by Crippen LogP contribution is -2.29. The van der Waals surface area contributed by atoms with Gasteiger partial charge in [0, 0.05) is 24.6 Å². The van der Waals surface area contributed by atoms with Gasteiger partial charge in [0.1, 0.15) is 26.1 Å². The van der Waals surface area contributed by atoms with Crippen LogP contribution in [0.4, 0.5) is 17.2 Å². The summed E-state index contributed by atoms with van der Waals surface area (Å²) in [5.74, 6) is -0.158. The number of rotatable bonds is 8. The summed E-state index contributed by atoms with van der Waals surface area (Å²) < 4.78 is 10.8. The van der Waals surface area contributed by atoms with Gasteiger partial charge in [-0.15, -0.1) is 10.2 Å². The molecule has 2 aliphatic rings. The van der Waals surface area contributed by atoms with Crippen molar-refractivity contribution in [1.82, 2.24) is 20.6 Å². The van der Waals surface area contributed by atoms with Crippen molar-refractivity contribution in [3.63, 3.8) is 0 Å². The van der Waals surface area contributed by atoms with Crippen LogP contribution in [0.15, 0.2) is 29.3 Å². The minimum absolute atomic E-state index is 0.0136. The SMILES string of the molecule is [B]C(C)OC(=O)c1nnc(NC(=O)C2CC2)cc1Nc1cccc(C2N=CN(C)N2)c1OC. The van der Waals surface area contributed by atoms with Gasteiger partial charge in [0.2, 0.25) is 5.91 Å². The number of amides is 1. The molecule has 1 fully saturated rings. The Morgan fingerprint density at radius 3 is 2.70 bits per heavy atom. The van der Waals surface area contributed by atoms with Gasteiger partial charge in [-0.05, 0) is 25.8 Å². The van der Waals surface area contributed by atoms with Crippen LogP contribution in [0.5, 0.6) is 5.75 Å². The molecule has 2 heterocycles. The molecule has 170 valence electrons. The van der Waals surface area contributed by atoms with Crippen molar-refractivity contribution < 1.29 is 19.1 Å². The van der Waals surface area contributed by atoms with Gasteiger partial charge in [0.25, 0.3) is 0 Å². The number of hydrogen-bond acceptors (Lipinski definition) is 10. The van der Waals surface area contributed by atoms with E-state index >= 15 is 0 Å². The van der Waals surface area contributed by atoms with E-state index in [0.29, 0.717) is 11.4 Å². The standard InChI is InChI=1S/C21H24BN7O4/c1-11(22)33-21(31)17-15(9-16(26-27-17)25-20(30)12-7-8-12)24-14-6-4-5-13(18(14)32-3)19-23-10-29(2)28-19/h4-6,9-12,19,28H,7-8H2,1-3H3,(H2,24,25,26,30). The fraction of sp³-hybridized carbons (Fsp3) is 0.381. The zero-order valence-corrected chi connectivity index (χ0v) is 18.5. The van der Waals surface area contributed by atoms with Crippen molar-refractivity contribution in [3.05, 3.63) is 35.5 Å². The number of anilines is 3. The molecule has 1 aliphatic carbocycles. The molecule has 1 amide bonds. The Hall–Kier alpha value is -3.67. The molecule has 4 rings (SSSR count). The number of para-hydroxylation sites is 1. The highest BCUT2D eigenvalue weighted by Gasteiger charge is 2.30. The van der Waals surface area contributed by atoms with Gasteiger partial charge < -0.3 is 20.1 Å². The Bertz CT molecular complexity index is 1090. The molecule has 1 aliphatic heterocycles. The number of nitrogens with one attached hydrogen (secondary N) is 3. The van der Waals surface area contributed by atoms with E-state index in [1.165, 1.54) is 13.0 Å². The van der Waals surface area contributed by atoms with E-state index < -0.39 is 12.0 Å². The number of aromatic nitrogens is 2. The van der Waals surface area contributed by atoms with Gasteiger partial charge >= 0.3 is 5.97 Å². The zero-order valence-electron chi connectivity index (χ0n) is 18.5. The Morgan fingerprint density at radius 2 is 2.06 bits per heavy atom. The highest BCUT2D eigenvalue weighted by Crippen LogP contribution is 2.37. The van der Waals surface area contributed by atoms with Crippen molar-refractivity contribution in [3.8, 4) is 5.75 Å². The molecule has 33 heavy (non-hydrogen) atoms. The third-order valence-electron chi connectivity index (χ3n) is 5.01. The second kappa shape index (κ2) is 9.45. The smallest absolute Gasteiger partial charge is 0.360 e. The van der Waals surface area contributed by atoms with Crippen LogP contribution in [0.3, 0.4) is 0 Å². The normalized spacial score (nSPS) is 18.0. The first-order valence-corrected chi connectivity index (χ1v) is 10.5. The average Bonchev–Trinajstić information content (AvgIpc) is 3.54. The Balaban J connectivity index is 1.68. The number of nitrogens with zero attached hydrogens (tertiary/aromatic N) is 4. The van der Waals surface area contributed by atoms with E-state index in [2.05, 4.69) is 31.2 Å². The Morgan fingerprint density at radius 1 is 1.27 bits per heavy atom. The summed E-state index contributed by atoms with van der Waals surface area (Å²) in [5.41, 5.74) is 4.72. The lowest BCUT2D eigenvalue weighted by atomic mass is 10.0. The number of carbonyl (C=O) groups excluding carboxylic acids is 2. The van der Waals surface area contributed by atoms with E-state index in [1.807, 2.05) is 19.2 Å². The summed E-state index contributed by atoms with van der Waals surface area (Å²) in [4.78, 5) is 29.2. The molecule has 2 aromatic rings. The van der Waals surface area contributed by atoms with Gasteiger partial charge in [0.05, 0.1) is 24.5 Å². The molecule has 0 bridgehead atoms. The van der Waals surface area contributed by atoms with Gasteiger partial charge in [-0.25, -0.2) is 15.2 Å². The maximum Gasteiger partial charge on any atom is 0.360 e. The largest absolute Gasteiger partial charge is 0.494 e. The molecule has 1 aromatic carbocycles. The number of ether oxygens (including phenoxy) is 2. The van der Waals surface area contributed by atoms with Crippen LogP contribution in [0.25, 0.3) is 0 Å². The third kappa shape index (κ3) is 5.22. The Labute approximate surface area is 192 Å². The number of esters is 1. The maximum atomic E-state index is 12.6. The van der Waals surface area contributed by atoms with Crippen LogP contribution in [0.2, 0.25) is 0 Å². The summed E-state index contributed by atoms with van der Waals surface area (Å²) in [6, 6.07) is 6.20. The van der Waals surface area contributed by atoms with Crippen LogP contribution in [0, 0.1) is 5.92 Å². The van der Waals surface area contributed by atoms with E-state index in [4.69, 9.17) is 17.3 Å². The lowest BCUT2D eigenvalue weighted by molar-refractivity contribution is -0.117. The topological polar surface area (TPSA) is 130 Å². The van der Waals surface area contributed by atoms with Crippen LogP contribution in [0.1, 0.15) is 42.0 Å². The van der Waals surface area contributed by atoms with Gasteiger partial charge in [-0.3, -0.25) is 9.80 Å². The van der Waals surface area contributed by atoms with Gasteiger partial charge in [-0.2, -0.15) is 0 Å². The van der Waals surface area contributed by atoms with Gasteiger partial charge in [-0.1, -0.05) is 12.1 Å². The summed E-state index contributed by atoms with van der Waals surface area (Å²) in [5, 5.41) is 15.6. The van der Waals surface area contributed by atoms with Crippen molar-refractivity contribution in [1.29, 1.82) is 0 Å². The predicted molar refractivity (Wildman–Crippen MR) is 122 cm³/mol. The fourth-order valence-electron chi connectivity index (χ4n) is 3.31. The molecule has 11 nitrogen and oxygen atoms in total. The molecule has 0 spiro atoms. The minimum atomic E-state index is -0.831. The molecule has 2 atom stereocenters. The van der Waals surface area contributed by atoms with Crippen LogP contribution in [-0.4, -0.2) is 61.4 Å². The number of hydrogen-bond donors (Lipinski definition) is 3. The molecular formula is C21H24BN7O4. The Kier molecular flexibility index (Phi) is 6.45. The molecule has 1 aromatic heterocycles. The lowest BCUT2D eigenvalue weighted by Gasteiger charge is -2.20. The molecular weight excluding hydrogens is 425 g/mol. The molecule has 2 radical (unpaired) electrons.